The van der Waals surface area contributed by atoms with Gasteiger partial charge in [-0.1, -0.05) is 6.07 Å². The van der Waals surface area contributed by atoms with Crippen LogP contribution in [0.1, 0.15) is 5.56 Å². The fourth-order valence-electron chi connectivity index (χ4n) is 0.917. The minimum absolute atomic E-state index is 0.572. The lowest BCUT2D eigenvalue weighted by molar-refractivity contribution is -0.137. The van der Waals surface area contributed by atoms with Gasteiger partial charge in [0.25, 0.3) is 0 Å². The van der Waals surface area contributed by atoms with Gasteiger partial charge in [-0.2, -0.15) is 13.2 Å². The third-order valence-corrected chi connectivity index (χ3v) is 1.70. The number of alkyl halides is 3. The number of rotatable bonds is 0. The van der Waals surface area contributed by atoms with E-state index >= 15 is 0 Å². The van der Waals surface area contributed by atoms with E-state index in [2.05, 4.69) is 9.97 Å². The zero-order chi connectivity index (χ0) is 12.7. The molecule has 2 aromatic rings. The molecule has 3 nitrogen and oxygen atoms in total. The van der Waals surface area contributed by atoms with Crippen LogP contribution in [-0.2, 0) is 6.18 Å². The fourth-order valence-corrected chi connectivity index (χ4v) is 0.917. The number of hydrogen-bond donors (Lipinski definition) is 1. The molecule has 0 spiro atoms. The molecule has 0 atom stereocenters. The van der Waals surface area contributed by atoms with Crippen molar-refractivity contribution in [3.8, 4) is 0 Å². The molecule has 2 rings (SSSR count). The Morgan fingerprint density at radius 1 is 0.941 bits per heavy atom. The Bertz CT molecular complexity index is 429. The summed E-state index contributed by atoms with van der Waals surface area (Å²) in [7, 11) is 0. The predicted molar refractivity (Wildman–Crippen MR) is 57.9 cm³/mol. The summed E-state index contributed by atoms with van der Waals surface area (Å²) in [6, 6.07) is 7.29. The quantitative estimate of drug-likeness (QED) is 0.771. The molecule has 0 aliphatic rings. The lowest BCUT2D eigenvalue weighted by atomic mass is 10.3. The monoisotopic (exact) mass is 241 g/mol. The first-order valence-corrected chi connectivity index (χ1v) is 4.64. The van der Waals surface area contributed by atoms with E-state index in [9.17, 15) is 13.2 Å². The Labute approximate surface area is 96.1 Å². The molecule has 0 saturated heterocycles. The second kappa shape index (κ2) is 5.83. The number of nitrogens with zero attached hydrogens (tertiary/aromatic N) is 2. The molecule has 0 aliphatic heterocycles. The highest BCUT2D eigenvalue weighted by molar-refractivity contribution is 5.25. The first-order chi connectivity index (χ1) is 8.00. The van der Waals surface area contributed by atoms with E-state index in [1.165, 1.54) is 0 Å². The SMILES string of the molecule is FC(F)(F)c1ccncc1.Nc1ccccn1. The van der Waals surface area contributed by atoms with E-state index in [0.29, 0.717) is 5.82 Å². The number of halogens is 3. The van der Waals surface area contributed by atoms with Gasteiger partial charge in [0.15, 0.2) is 0 Å². The number of nitrogen functional groups attached to an aromatic ring is 1. The fraction of sp³-hybridized carbons (Fsp3) is 0.0909. The molecule has 2 aromatic heterocycles. The average molecular weight is 241 g/mol. The van der Waals surface area contributed by atoms with Gasteiger partial charge in [0.2, 0.25) is 0 Å². The smallest absolute Gasteiger partial charge is 0.384 e. The highest BCUT2D eigenvalue weighted by atomic mass is 19.4. The van der Waals surface area contributed by atoms with Crippen molar-refractivity contribution in [3.05, 3.63) is 54.5 Å². The van der Waals surface area contributed by atoms with Crippen molar-refractivity contribution in [2.45, 2.75) is 6.18 Å². The van der Waals surface area contributed by atoms with Gasteiger partial charge in [-0.25, -0.2) is 4.98 Å². The van der Waals surface area contributed by atoms with Crippen LogP contribution in [-0.4, -0.2) is 9.97 Å². The highest BCUT2D eigenvalue weighted by Gasteiger charge is 2.29. The standard InChI is InChI=1S/C6H4F3N.C5H6N2/c7-6(8,9)5-1-3-10-4-2-5;6-5-3-1-2-4-7-5/h1-4H;1-4H,(H2,6,7). The maximum atomic E-state index is 11.8. The average Bonchev–Trinajstić information content (AvgIpc) is 2.31. The largest absolute Gasteiger partial charge is 0.416 e. The van der Waals surface area contributed by atoms with Crippen LogP contribution in [0, 0.1) is 0 Å². The van der Waals surface area contributed by atoms with Crippen LogP contribution >= 0.6 is 0 Å². The molecular weight excluding hydrogens is 231 g/mol. The van der Waals surface area contributed by atoms with Crippen LogP contribution in [0.3, 0.4) is 0 Å². The topological polar surface area (TPSA) is 51.8 Å². The summed E-state index contributed by atoms with van der Waals surface area (Å²) < 4.78 is 35.3. The summed E-state index contributed by atoms with van der Waals surface area (Å²) in [6.07, 6.45) is -0.357. The van der Waals surface area contributed by atoms with Gasteiger partial charge in [0.1, 0.15) is 5.82 Å². The summed E-state index contributed by atoms with van der Waals surface area (Å²) in [4.78, 5) is 7.22. The molecule has 0 aromatic carbocycles. The normalized spacial score (nSPS) is 10.3. The van der Waals surface area contributed by atoms with Gasteiger partial charge < -0.3 is 5.73 Å². The van der Waals surface area contributed by atoms with Crippen molar-refractivity contribution in [3.63, 3.8) is 0 Å². The van der Waals surface area contributed by atoms with Crippen molar-refractivity contribution >= 4 is 5.82 Å². The van der Waals surface area contributed by atoms with Gasteiger partial charge in [-0.3, -0.25) is 4.98 Å². The number of pyridine rings is 2. The first-order valence-electron chi connectivity index (χ1n) is 4.64. The molecule has 2 heterocycles. The second-order valence-electron chi connectivity index (χ2n) is 2.99. The van der Waals surface area contributed by atoms with E-state index in [1.54, 1.807) is 12.3 Å². The molecule has 0 aliphatic carbocycles. The Balaban J connectivity index is 0.000000181. The number of aromatic nitrogens is 2. The zero-order valence-electron chi connectivity index (χ0n) is 8.72. The highest BCUT2D eigenvalue weighted by Crippen LogP contribution is 2.27. The van der Waals surface area contributed by atoms with E-state index in [-0.39, 0.29) is 0 Å². The summed E-state index contributed by atoms with van der Waals surface area (Å²) in [5.74, 6) is 0.572. The van der Waals surface area contributed by atoms with Gasteiger partial charge in [0.05, 0.1) is 5.56 Å². The van der Waals surface area contributed by atoms with Crippen molar-refractivity contribution in [2.75, 3.05) is 5.73 Å². The predicted octanol–water partition coefficient (Wildman–Crippen LogP) is 2.76. The van der Waals surface area contributed by atoms with Crippen molar-refractivity contribution in [1.29, 1.82) is 0 Å². The Kier molecular flexibility index (Phi) is 4.45. The summed E-state index contributed by atoms with van der Waals surface area (Å²) in [6.45, 7) is 0. The molecule has 6 heteroatoms. The van der Waals surface area contributed by atoms with Gasteiger partial charge in [0, 0.05) is 18.6 Å². The molecule has 0 amide bonds. The second-order valence-corrected chi connectivity index (χ2v) is 2.99. The van der Waals surface area contributed by atoms with Crippen LogP contribution in [0.15, 0.2) is 48.9 Å². The summed E-state index contributed by atoms with van der Waals surface area (Å²) >= 11 is 0. The van der Waals surface area contributed by atoms with Crippen LogP contribution in [0.25, 0.3) is 0 Å². The van der Waals surface area contributed by atoms with Crippen LogP contribution in [0.2, 0.25) is 0 Å². The Morgan fingerprint density at radius 3 is 1.88 bits per heavy atom. The van der Waals surface area contributed by atoms with E-state index in [0.717, 1.165) is 24.5 Å². The van der Waals surface area contributed by atoms with E-state index in [1.807, 2.05) is 12.1 Å². The molecule has 2 N–H and O–H groups in total. The molecule has 0 fully saturated rings. The van der Waals surface area contributed by atoms with Crippen molar-refractivity contribution in [1.82, 2.24) is 9.97 Å². The van der Waals surface area contributed by atoms with Crippen molar-refractivity contribution < 1.29 is 13.2 Å². The van der Waals surface area contributed by atoms with E-state index < -0.39 is 11.7 Å². The third kappa shape index (κ3) is 4.96. The minimum atomic E-state index is -4.25. The Hall–Kier alpha value is -2.11. The molecule has 0 saturated carbocycles. The minimum Gasteiger partial charge on any atom is -0.384 e. The molecule has 90 valence electrons. The summed E-state index contributed by atoms with van der Waals surface area (Å²) in [5.41, 5.74) is 4.58. The number of anilines is 1. The van der Waals surface area contributed by atoms with Crippen molar-refractivity contribution in [2.24, 2.45) is 0 Å². The molecular formula is C11H10F3N3. The number of hydrogen-bond acceptors (Lipinski definition) is 3. The van der Waals surface area contributed by atoms with E-state index in [4.69, 9.17) is 5.73 Å². The maximum absolute atomic E-state index is 11.8. The molecule has 0 bridgehead atoms. The van der Waals surface area contributed by atoms with Crippen LogP contribution in [0.4, 0.5) is 19.0 Å². The van der Waals surface area contributed by atoms with Gasteiger partial charge in [-0.15, -0.1) is 0 Å². The van der Waals surface area contributed by atoms with Crippen LogP contribution < -0.4 is 5.73 Å². The van der Waals surface area contributed by atoms with Crippen LogP contribution in [0.5, 0.6) is 0 Å². The van der Waals surface area contributed by atoms with Gasteiger partial charge >= 0.3 is 6.18 Å². The first kappa shape index (κ1) is 13.0. The number of nitrogens with two attached hydrogens (primary N) is 1. The summed E-state index contributed by atoms with van der Waals surface area (Å²) in [5, 5.41) is 0. The van der Waals surface area contributed by atoms with Gasteiger partial charge in [-0.05, 0) is 24.3 Å². The lowest BCUT2D eigenvalue weighted by Gasteiger charge is -2.03. The molecule has 17 heavy (non-hydrogen) atoms. The lowest BCUT2D eigenvalue weighted by Crippen LogP contribution is -2.03. The zero-order valence-corrected chi connectivity index (χ0v) is 8.72. The third-order valence-electron chi connectivity index (χ3n) is 1.70. The maximum Gasteiger partial charge on any atom is 0.416 e. The Morgan fingerprint density at radius 2 is 1.59 bits per heavy atom. The molecule has 0 radical (unpaired) electrons. The molecule has 0 unspecified atom stereocenters.